The van der Waals surface area contributed by atoms with Gasteiger partial charge in [0.25, 0.3) is 0 Å². The lowest BCUT2D eigenvalue weighted by molar-refractivity contribution is -0.139. The van der Waals surface area contributed by atoms with Crippen LogP contribution in [0.25, 0.3) is 0 Å². The molecular weight excluding hydrogens is 276 g/mol. The van der Waals surface area contributed by atoms with Gasteiger partial charge in [-0.05, 0) is 30.9 Å². The number of carboxylic acid groups (broad SMARTS) is 1. The first kappa shape index (κ1) is 16.4. The van der Waals surface area contributed by atoms with Gasteiger partial charge in [0.15, 0.2) is 0 Å². The molecule has 0 unspecified atom stereocenters. The third-order valence-corrected chi connectivity index (χ3v) is 3.50. The van der Waals surface area contributed by atoms with Gasteiger partial charge < -0.3 is 15.7 Å². The molecule has 0 bridgehead atoms. The standard InChI is InChI=1S/C14H20N2O3S/c1-3-4-8-12(13(17)18)16-14(19)15-10-6-5-7-11(9-10)20-2/h5-7,9,12H,3-4,8H2,1-2H3,(H,17,18)(H2,15,16,19)/t12-/m0/s1. The van der Waals surface area contributed by atoms with Crippen molar-refractivity contribution in [2.45, 2.75) is 37.1 Å². The molecule has 0 aromatic heterocycles. The van der Waals surface area contributed by atoms with Crippen LogP contribution in [-0.4, -0.2) is 29.4 Å². The van der Waals surface area contributed by atoms with Crippen LogP contribution in [-0.2, 0) is 4.79 Å². The van der Waals surface area contributed by atoms with Crippen molar-refractivity contribution in [2.24, 2.45) is 0 Å². The molecule has 0 fully saturated rings. The Bertz CT molecular complexity index is 465. The number of rotatable bonds is 7. The summed E-state index contributed by atoms with van der Waals surface area (Å²) in [5.41, 5.74) is 0.647. The summed E-state index contributed by atoms with van der Waals surface area (Å²) >= 11 is 1.57. The third-order valence-electron chi connectivity index (χ3n) is 2.78. The largest absolute Gasteiger partial charge is 0.480 e. The molecule has 1 atom stereocenters. The predicted molar refractivity (Wildman–Crippen MR) is 81.3 cm³/mol. The maximum atomic E-state index is 11.8. The van der Waals surface area contributed by atoms with Gasteiger partial charge >= 0.3 is 12.0 Å². The molecule has 3 N–H and O–H groups in total. The van der Waals surface area contributed by atoms with E-state index in [4.69, 9.17) is 5.11 Å². The number of aliphatic carboxylic acids is 1. The Morgan fingerprint density at radius 2 is 2.15 bits per heavy atom. The number of amides is 2. The minimum atomic E-state index is -1.01. The van der Waals surface area contributed by atoms with Gasteiger partial charge in [-0.3, -0.25) is 0 Å². The Morgan fingerprint density at radius 3 is 2.75 bits per heavy atom. The number of benzene rings is 1. The summed E-state index contributed by atoms with van der Waals surface area (Å²) in [5, 5.41) is 14.2. The summed E-state index contributed by atoms with van der Waals surface area (Å²) in [6, 6.07) is 6.04. The van der Waals surface area contributed by atoms with Gasteiger partial charge in [0.05, 0.1) is 0 Å². The zero-order valence-corrected chi connectivity index (χ0v) is 12.5. The number of anilines is 1. The van der Waals surface area contributed by atoms with Crippen molar-refractivity contribution in [1.29, 1.82) is 0 Å². The van der Waals surface area contributed by atoms with Crippen LogP contribution in [0.15, 0.2) is 29.2 Å². The number of hydrogen-bond donors (Lipinski definition) is 3. The highest BCUT2D eigenvalue weighted by atomic mass is 32.2. The second-order valence-electron chi connectivity index (χ2n) is 4.36. The monoisotopic (exact) mass is 296 g/mol. The van der Waals surface area contributed by atoms with Crippen LogP contribution in [0.5, 0.6) is 0 Å². The highest BCUT2D eigenvalue weighted by Gasteiger charge is 2.19. The van der Waals surface area contributed by atoms with Gasteiger partial charge in [0.1, 0.15) is 6.04 Å². The zero-order chi connectivity index (χ0) is 15.0. The summed E-state index contributed by atoms with van der Waals surface area (Å²) < 4.78 is 0. The van der Waals surface area contributed by atoms with Gasteiger partial charge in [-0.1, -0.05) is 25.8 Å². The average Bonchev–Trinajstić information content (AvgIpc) is 2.43. The topological polar surface area (TPSA) is 78.4 Å². The van der Waals surface area contributed by atoms with Crippen LogP contribution in [0.3, 0.4) is 0 Å². The molecule has 0 aliphatic heterocycles. The first-order chi connectivity index (χ1) is 9.56. The summed E-state index contributed by atoms with van der Waals surface area (Å²) in [4.78, 5) is 23.9. The smallest absolute Gasteiger partial charge is 0.326 e. The second-order valence-corrected chi connectivity index (χ2v) is 5.24. The van der Waals surface area contributed by atoms with E-state index in [9.17, 15) is 9.59 Å². The third kappa shape index (κ3) is 5.52. The number of carbonyl (C=O) groups excluding carboxylic acids is 1. The van der Waals surface area contributed by atoms with E-state index in [1.807, 2.05) is 31.4 Å². The van der Waals surface area contributed by atoms with Gasteiger partial charge in [-0.2, -0.15) is 0 Å². The van der Waals surface area contributed by atoms with Crippen LogP contribution in [0.4, 0.5) is 10.5 Å². The van der Waals surface area contributed by atoms with Crippen molar-refractivity contribution in [3.63, 3.8) is 0 Å². The van der Waals surface area contributed by atoms with E-state index >= 15 is 0 Å². The Kier molecular flexibility index (Phi) is 6.93. The molecule has 110 valence electrons. The molecule has 0 heterocycles. The Labute approximate surface area is 123 Å². The van der Waals surface area contributed by atoms with Crippen molar-refractivity contribution in [3.8, 4) is 0 Å². The van der Waals surface area contributed by atoms with Gasteiger partial charge in [0, 0.05) is 10.6 Å². The molecule has 0 saturated carbocycles. The molecule has 0 radical (unpaired) electrons. The number of hydrogen-bond acceptors (Lipinski definition) is 3. The fourth-order valence-corrected chi connectivity index (χ4v) is 2.15. The minimum Gasteiger partial charge on any atom is -0.480 e. The van der Waals surface area contributed by atoms with Crippen LogP contribution in [0.1, 0.15) is 26.2 Å². The number of urea groups is 1. The molecule has 6 heteroatoms. The van der Waals surface area contributed by atoms with Gasteiger partial charge in [-0.15, -0.1) is 11.8 Å². The van der Waals surface area contributed by atoms with E-state index in [1.165, 1.54) is 0 Å². The van der Waals surface area contributed by atoms with Gasteiger partial charge in [-0.25, -0.2) is 9.59 Å². The van der Waals surface area contributed by atoms with E-state index in [0.717, 1.165) is 17.7 Å². The lowest BCUT2D eigenvalue weighted by atomic mass is 10.1. The van der Waals surface area contributed by atoms with Crippen molar-refractivity contribution in [2.75, 3.05) is 11.6 Å². The molecule has 0 aliphatic carbocycles. The molecule has 1 aromatic carbocycles. The quantitative estimate of drug-likeness (QED) is 0.675. The highest BCUT2D eigenvalue weighted by molar-refractivity contribution is 7.98. The Hall–Kier alpha value is -1.69. The van der Waals surface area contributed by atoms with Crippen LogP contribution < -0.4 is 10.6 Å². The highest BCUT2D eigenvalue weighted by Crippen LogP contribution is 2.18. The van der Waals surface area contributed by atoms with Crippen LogP contribution >= 0.6 is 11.8 Å². The average molecular weight is 296 g/mol. The van der Waals surface area contributed by atoms with E-state index in [-0.39, 0.29) is 0 Å². The SMILES string of the molecule is CCCC[C@H](NC(=O)Nc1cccc(SC)c1)C(=O)O. The Morgan fingerprint density at radius 1 is 1.40 bits per heavy atom. The molecule has 1 rings (SSSR count). The maximum Gasteiger partial charge on any atom is 0.326 e. The van der Waals surface area contributed by atoms with E-state index < -0.39 is 18.0 Å². The van der Waals surface area contributed by atoms with Crippen molar-refractivity contribution < 1.29 is 14.7 Å². The first-order valence-electron chi connectivity index (χ1n) is 6.51. The normalized spacial score (nSPS) is 11.7. The number of unbranched alkanes of at least 4 members (excludes halogenated alkanes) is 1. The minimum absolute atomic E-state index is 0.435. The molecule has 1 aromatic rings. The summed E-state index contributed by atoms with van der Waals surface area (Å²) in [7, 11) is 0. The van der Waals surface area contributed by atoms with Crippen LogP contribution in [0.2, 0.25) is 0 Å². The molecule has 0 saturated heterocycles. The molecule has 5 nitrogen and oxygen atoms in total. The van der Waals surface area contributed by atoms with Crippen molar-refractivity contribution >= 4 is 29.4 Å². The van der Waals surface area contributed by atoms with E-state index in [0.29, 0.717) is 12.1 Å². The number of carbonyl (C=O) groups is 2. The second kappa shape index (κ2) is 8.47. The molecule has 0 spiro atoms. The Balaban J connectivity index is 2.58. The fourth-order valence-electron chi connectivity index (χ4n) is 1.69. The lowest BCUT2D eigenvalue weighted by Gasteiger charge is -2.15. The number of carboxylic acids is 1. The number of nitrogens with one attached hydrogen (secondary N) is 2. The van der Waals surface area contributed by atoms with Gasteiger partial charge in [0.2, 0.25) is 0 Å². The van der Waals surface area contributed by atoms with E-state index in [2.05, 4.69) is 10.6 Å². The predicted octanol–water partition coefficient (Wildman–Crippen LogP) is 3.17. The fraction of sp³-hybridized carbons (Fsp3) is 0.429. The van der Waals surface area contributed by atoms with Crippen LogP contribution in [0, 0.1) is 0 Å². The van der Waals surface area contributed by atoms with E-state index in [1.54, 1.807) is 17.8 Å². The number of thioether (sulfide) groups is 1. The van der Waals surface area contributed by atoms with Crippen molar-refractivity contribution in [3.05, 3.63) is 24.3 Å². The summed E-state index contributed by atoms with van der Waals surface area (Å²) in [5.74, 6) is -1.01. The summed E-state index contributed by atoms with van der Waals surface area (Å²) in [6.07, 6.45) is 4.04. The first-order valence-corrected chi connectivity index (χ1v) is 7.73. The summed E-state index contributed by atoms with van der Waals surface area (Å²) in [6.45, 7) is 1.98. The van der Waals surface area contributed by atoms with Crippen molar-refractivity contribution in [1.82, 2.24) is 5.32 Å². The molecular formula is C14H20N2O3S. The lowest BCUT2D eigenvalue weighted by Crippen LogP contribution is -2.42. The molecule has 20 heavy (non-hydrogen) atoms. The molecule has 0 aliphatic rings. The maximum absolute atomic E-state index is 11.8. The zero-order valence-electron chi connectivity index (χ0n) is 11.7. The molecule has 2 amide bonds.